The first-order valence-electron chi connectivity index (χ1n) is 10.1. The molecule has 0 bridgehead atoms. The number of hydrogen-bond acceptors (Lipinski definition) is 4. The third-order valence-electron chi connectivity index (χ3n) is 5.51. The summed E-state index contributed by atoms with van der Waals surface area (Å²) in [6, 6.07) is 13.9. The lowest BCUT2D eigenvalue weighted by Crippen LogP contribution is -2.54. The first kappa shape index (κ1) is 21.0. The van der Waals surface area contributed by atoms with Gasteiger partial charge < -0.3 is 10.2 Å². The van der Waals surface area contributed by atoms with Gasteiger partial charge in [0.15, 0.2) is 5.78 Å². The van der Waals surface area contributed by atoms with Crippen LogP contribution in [0.4, 0.5) is 10.1 Å². The highest BCUT2D eigenvalue weighted by molar-refractivity contribution is 5.94. The molecular formula is C23H28FN3O2. The first-order valence-corrected chi connectivity index (χ1v) is 10.1. The zero-order chi connectivity index (χ0) is 20.8. The topological polar surface area (TPSA) is 52.7 Å². The van der Waals surface area contributed by atoms with Gasteiger partial charge in [-0.25, -0.2) is 4.39 Å². The summed E-state index contributed by atoms with van der Waals surface area (Å²) in [7, 11) is 0. The van der Waals surface area contributed by atoms with Crippen LogP contribution in [0.1, 0.15) is 29.8 Å². The van der Waals surface area contributed by atoms with Crippen LogP contribution >= 0.6 is 0 Å². The van der Waals surface area contributed by atoms with Gasteiger partial charge in [-0.05, 0) is 62.2 Å². The van der Waals surface area contributed by atoms with Gasteiger partial charge >= 0.3 is 0 Å². The van der Waals surface area contributed by atoms with E-state index in [9.17, 15) is 14.0 Å². The molecule has 2 aromatic rings. The fraction of sp³-hybridized carbons (Fsp3) is 0.391. The maximum Gasteiger partial charge on any atom is 0.237 e. The van der Waals surface area contributed by atoms with E-state index in [0.29, 0.717) is 13.0 Å². The monoisotopic (exact) mass is 397 g/mol. The van der Waals surface area contributed by atoms with Gasteiger partial charge in [-0.15, -0.1) is 0 Å². The van der Waals surface area contributed by atoms with E-state index < -0.39 is 0 Å². The van der Waals surface area contributed by atoms with Crippen molar-refractivity contribution in [2.75, 3.05) is 37.6 Å². The third kappa shape index (κ3) is 5.64. The number of benzene rings is 2. The fourth-order valence-electron chi connectivity index (χ4n) is 3.57. The Morgan fingerprint density at radius 3 is 2.21 bits per heavy atom. The highest BCUT2D eigenvalue weighted by Crippen LogP contribution is 2.18. The van der Waals surface area contributed by atoms with Gasteiger partial charge in [0.05, 0.1) is 6.04 Å². The van der Waals surface area contributed by atoms with Gasteiger partial charge in [0, 0.05) is 44.0 Å². The lowest BCUT2D eigenvalue weighted by molar-refractivity contribution is -0.125. The van der Waals surface area contributed by atoms with Crippen LogP contribution in [0.15, 0.2) is 48.5 Å². The SMILES string of the molecule is CC(=O)c1ccc(N2CCN([C@H](C)C(=O)NCCc3ccc(F)cc3)CC2)cc1. The molecule has 5 nitrogen and oxygen atoms in total. The molecule has 3 rings (SSSR count). The summed E-state index contributed by atoms with van der Waals surface area (Å²) in [5.41, 5.74) is 2.83. The number of piperazine rings is 1. The lowest BCUT2D eigenvalue weighted by Gasteiger charge is -2.38. The van der Waals surface area contributed by atoms with Gasteiger partial charge in [-0.2, -0.15) is 0 Å². The third-order valence-corrected chi connectivity index (χ3v) is 5.51. The van der Waals surface area contributed by atoms with E-state index in [4.69, 9.17) is 0 Å². The summed E-state index contributed by atoms with van der Waals surface area (Å²) in [6.07, 6.45) is 0.683. The summed E-state index contributed by atoms with van der Waals surface area (Å²) >= 11 is 0. The normalized spacial score (nSPS) is 15.8. The number of carbonyl (C=O) groups is 2. The van der Waals surface area contributed by atoms with Gasteiger partial charge in [-0.3, -0.25) is 14.5 Å². The summed E-state index contributed by atoms with van der Waals surface area (Å²) in [5, 5.41) is 2.98. The molecule has 1 saturated heterocycles. The minimum atomic E-state index is -0.250. The second-order valence-electron chi connectivity index (χ2n) is 7.47. The van der Waals surface area contributed by atoms with Crippen LogP contribution in [0, 0.1) is 5.82 Å². The Morgan fingerprint density at radius 2 is 1.62 bits per heavy atom. The molecular weight excluding hydrogens is 369 g/mol. The van der Waals surface area contributed by atoms with Crippen molar-refractivity contribution in [3.05, 3.63) is 65.5 Å². The molecule has 1 N–H and O–H groups in total. The molecule has 6 heteroatoms. The predicted octanol–water partition coefficient (Wildman–Crippen LogP) is 2.90. The Bertz CT molecular complexity index is 828. The molecule has 29 heavy (non-hydrogen) atoms. The Morgan fingerprint density at radius 1 is 1.00 bits per heavy atom. The summed E-state index contributed by atoms with van der Waals surface area (Å²) in [4.78, 5) is 28.4. The number of nitrogens with zero attached hydrogens (tertiary/aromatic N) is 2. The van der Waals surface area contributed by atoms with E-state index >= 15 is 0 Å². The molecule has 1 aliphatic heterocycles. The number of halogens is 1. The van der Waals surface area contributed by atoms with Crippen LogP contribution in [0.25, 0.3) is 0 Å². The van der Waals surface area contributed by atoms with Crippen molar-refractivity contribution in [2.45, 2.75) is 26.3 Å². The van der Waals surface area contributed by atoms with Crippen molar-refractivity contribution < 1.29 is 14.0 Å². The lowest BCUT2D eigenvalue weighted by atomic mass is 10.1. The van der Waals surface area contributed by atoms with Crippen molar-refractivity contribution in [2.24, 2.45) is 0 Å². The van der Waals surface area contributed by atoms with Crippen LogP contribution in [0.2, 0.25) is 0 Å². The van der Waals surface area contributed by atoms with E-state index in [1.807, 2.05) is 31.2 Å². The second-order valence-corrected chi connectivity index (χ2v) is 7.47. The largest absolute Gasteiger partial charge is 0.369 e. The zero-order valence-corrected chi connectivity index (χ0v) is 17.0. The fourth-order valence-corrected chi connectivity index (χ4v) is 3.57. The van der Waals surface area contributed by atoms with Gasteiger partial charge in [0.1, 0.15) is 5.82 Å². The van der Waals surface area contributed by atoms with Crippen LogP contribution < -0.4 is 10.2 Å². The Labute approximate surface area is 171 Å². The molecule has 1 heterocycles. The molecule has 2 aromatic carbocycles. The number of hydrogen-bond donors (Lipinski definition) is 1. The van der Waals surface area contributed by atoms with E-state index in [1.165, 1.54) is 12.1 Å². The van der Waals surface area contributed by atoms with Crippen LogP contribution in [0.3, 0.4) is 0 Å². The quantitative estimate of drug-likeness (QED) is 0.730. The summed E-state index contributed by atoms with van der Waals surface area (Å²) < 4.78 is 12.9. The van der Waals surface area contributed by atoms with E-state index in [-0.39, 0.29) is 23.5 Å². The highest BCUT2D eigenvalue weighted by Gasteiger charge is 2.25. The van der Waals surface area contributed by atoms with Gasteiger partial charge in [0.25, 0.3) is 0 Å². The molecule has 1 amide bonds. The maximum absolute atomic E-state index is 12.9. The Balaban J connectivity index is 1.43. The van der Waals surface area contributed by atoms with E-state index in [2.05, 4.69) is 15.1 Å². The molecule has 0 radical (unpaired) electrons. The standard InChI is InChI=1S/C23H28FN3O2/c1-17(23(29)25-12-11-19-3-7-21(24)8-4-19)26-13-15-27(16-14-26)22-9-5-20(6-10-22)18(2)28/h3-10,17H,11-16H2,1-2H3,(H,25,29)/t17-/m1/s1. The zero-order valence-electron chi connectivity index (χ0n) is 17.0. The van der Waals surface area contributed by atoms with Crippen LogP contribution in [-0.2, 0) is 11.2 Å². The Kier molecular flexibility index (Phi) is 6.99. The van der Waals surface area contributed by atoms with E-state index in [1.54, 1.807) is 19.1 Å². The minimum absolute atomic E-state index is 0.0198. The first-order chi connectivity index (χ1) is 13.9. The summed E-state index contributed by atoms with van der Waals surface area (Å²) in [5.74, 6) is -0.160. The molecule has 0 aromatic heterocycles. The second kappa shape index (κ2) is 9.65. The maximum atomic E-state index is 12.9. The molecule has 1 aliphatic rings. The number of amides is 1. The number of nitrogens with one attached hydrogen (secondary N) is 1. The molecule has 1 atom stereocenters. The number of carbonyl (C=O) groups excluding carboxylic acids is 2. The molecule has 0 spiro atoms. The number of Topliss-reactive ketones (excluding diaryl/α,β-unsaturated/α-hetero) is 1. The van der Waals surface area contributed by atoms with Crippen molar-refractivity contribution in [3.63, 3.8) is 0 Å². The minimum Gasteiger partial charge on any atom is -0.369 e. The average Bonchev–Trinajstić information content (AvgIpc) is 2.74. The molecule has 154 valence electrons. The van der Waals surface area contributed by atoms with Crippen molar-refractivity contribution in [3.8, 4) is 0 Å². The highest BCUT2D eigenvalue weighted by atomic mass is 19.1. The number of ketones is 1. The number of anilines is 1. The van der Waals surface area contributed by atoms with E-state index in [0.717, 1.165) is 43.0 Å². The van der Waals surface area contributed by atoms with Crippen molar-refractivity contribution >= 4 is 17.4 Å². The van der Waals surface area contributed by atoms with Crippen molar-refractivity contribution in [1.82, 2.24) is 10.2 Å². The van der Waals surface area contributed by atoms with Crippen LogP contribution in [0.5, 0.6) is 0 Å². The van der Waals surface area contributed by atoms with Gasteiger partial charge in [-0.1, -0.05) is 12.1 Å². The molecule has 1 fully saturated rings. The average molecular weight is 397 g/mol. The number of rotatable bonds is 7. The Hall–Kier alpha value is -2.73. The molecule has 0 saturated carbocycles. The van der Waals surface area contributed by atoms with Gasteiger partial charge in [0.2, 0.25) is 5.91 Å². The smallest absolute Gasteiger partial charge is 0.237 e. The van der Waals surface area contributed by atoms with Crippen molar-refractivity contribution in [1.29, 1.82) is 0 Å². The summed E-state index contributed by atoms with van der Waals surface area (Å²) in [6.45, 7) is 7.34. The molecule has 0 unspecified atom stereocenters. The molecule has 0 aliphatic carbocycles. The predicted molar refractivity (Wildman–Crippen MR) is 113 cm³/mol. The van der Waals surface area contributed by atoms with Crippen LogP contribution in [-0.4, -0.2) is 55.4 Å².